The van der Waals surface area contributed by atoms with Gasteiger partial charge in [0.15, 0.2) is 0 Å². The Morgan fingerprint density at radius 3 is 0.697 bits per heavy atom. The predicted molar refractivity (Wildman–Crippen MR) is 95.4 cm³/mol. The van der Waals surface area contributed by atoms with Crippen molar-refractivity contribution < 1.29 is 75.5 Å². The van der Waals surface area contributed by atoms with Crippen LogP contribution in [0.4, 0.5) is 75.5 Å². The molecule has 0 saturated heterocycles. The Hall–Kier alpha value is -0.0600. The van der Waals surface area contributed by atoms with E-state index in [0.29, 0.717) is 0 Å². The molecule has 0 aliphatic rings. The Morgan fingerprint density at radius 1 is 0.394 bits per heavy atom. The normalized spacial score (nSPS) is 9.33. The highest BCUT2D eigenvalue weighted by molar-refractivity contribution is 7.41. The molecule has 1 aromatic carbocycles. The smallest absolute Gasteiger partial charge is 0.197 e. The second-order valence-electron chi connectivity index (χ2n) is 2.96. The highest BCUT2D eigenvalue weighted by Gasteiger charge is 1.93. The van der Waals surface area contributed by atoms with Crippen LogP contribution in [0.3, 0.4) is 0 Å². The van der Waals surface area contributed by atoms with Crippen LogP contribution in [0, 0.1) is 0 Å². The fourth-order valence-electron chi connectivity index (χ4n) is 0.786. The third-order valence-corrected chi connectivity index (χ3v) is 1.22. The molecule has 2 rings (SSSR count). The molecule has 2 aromatic rings. The van der Waals surface area contributed by atoms with Crippen LogP contribution in [0.2, 0.25) is 0 Å². The Morgan fingerprint density at radius 2 is 0.545 bits per heavy atom. The van der Waals surface area contributed by atoms with Crippen molar-refractivity contribution in [3.63, 3.8) is 0 Å². The van der Waals surface area contributed by atoms with E-state index < -0.39 is 53.1 Å². The van der Waals surface area contributed by atoms with Crippen molar-refractivity contribution >= 4 is 64.2 Å². The van der Waals surface area contributed by atoms with Crippen LogP contribution in [0.1, 0.15) is 0 Å². The minimum Gasteiger partial charge on any atom is -0.197 e. The van der Waals surface area contributed by atoms with Gasteiger partial charge in [0.25, 0.3) is 0 Å². The molecule has 0 radical (unpaired) electrons. The Kier molecular flexibility index (Phi) is 41.7. The molecule has 27 heteroatoms. The maximum Gasteiger partial charge on any atom is 0.456 e. The number of para-hydroxylation sites is 2. The summed E-state index contributed by atoms with van der Waals surface area (Å²) >= 11 is 0. The van der Waals surface area contributed by atoms with E-state index in [4.69, 9.17) is 0 Å². The third-order valence-electron chi connectivity index (χ3n) is 1.22. The molecule has 0 spiro atoms. The van der Waals surface area contributed by atoms with Gasteiger partial charge in [-0.05, 0) is 12.1 Å². The van der Waals surface area contributed by atoms with Gasteiger partial charge in [0.05, 0.1) is 0 Å². The summed E-state index contributed by atoms with van der Waals surface area (Å²) in [7, 11) is -24.7. The zero-order valence-electron chi connectivity index (χ0n) is 14.2. The highest BCUT2D eigenvalue weighted by atomic mass is 31.2. The maximum absolute atomic E-state index is 9.73. The quantitative estimate of drug-likeness (QED) is 0.229. The monoisotopic (exact) mass is 647 g/mol. The van der Waals surface area contributed by atoms with Crippen molar-refractivity contribution in [3.8, 4) is 0 Å². The Balaban J connectivity index is -0.0000000968. The summed E-state index contributed by atoms with van der Waals surface area (Å²) in [6, 6.07) is 7.70. The van der Waals surface area contributed by atoms with Crippen LogP contribution < -0.4 is 0 Å². The van der Waals surface area contributed by atoms with Crippen LogP contribution >= 0.6 is 53.1 Å². The van der Waals surface area contributed by atoms with Gasteiger partial charge in [-0.3, -0.25) is 0 Å². The molecule has 200 valence electrons. The van der Waals surface area contributed by atoms with E-state index in [-0.39, 0.29) is 0 Å². The largest absolute Gasteiger partial charge is 0.456 e. The van der Waals surface area contributed by atoms with E-state index in [9.17, 15) is 75.5 Å². The molecule has 1 heterocycles. The van der Waals surface area contributed by atoms with E-state index in [0.717, 1.165) is 11.0 Å². The number of nitrogens with one attached hydrogen (secondary N) is 1. The summed E-state index contributed by atoms with van der Waals surface area (Å²) in [5, 5.41) is 10.3. The van der Waals surface area contributed by atoms with Gasteiger partial charge in [-0.25, -0.2) is 0 Å². The van der Waals surface area contributed by atoms with Crippen molar-refractivity contribution in [2.45, 2.75) is 0 Å². The molecule has 1 N–H and O–H groups in total. The number of benzene rings is 1. The van der Waals surface area contributed by atoms with Gasteiger partial charge in [-0.2, -0.15) is 91.0 Å². The van der Waals surface area contributed by atoms with Crippen molar-refractivity contribution in [2.75, 3.05) is 0 Å². The lowest BCUT2D eigenvalue weighted by Crippen LogP contribution is -1.63. The summed E-state index contributed by atoms with van der Waals surface area (Å²) in [4.78, 5) is 0. The lowest BCUT2D eigenvalue weighted by atomic mass is 10.3. The summed E-state index contributed by atoms with van der Waals surface area (Å²) in [6.45, 7) is 0. The molecular formula is C6H5F18N3P6. The molecule has 0 bridgehead atoms. The number of hydrogen-bond donors (Lipinski definition) is 1. The molecule has 1 aromatic heterocycles. The molecule has 33 heavy (non-hydrogen) atoms. The van der Waals surface area contributed by atoms with Crippen LogP contribution in [0.25, 0.3) is 11.0 Å². The molecule has 0 aliphatic heterocycles. The number of aromatic nitrogens is 3. The van der Waals surface area contributed by atoms with E-state index in [2.05, 4.69) is 15.4 Å². The Bertz CT molecular complexity index is 500. The lowest BCUT2D eigenvalue weighted by molar-refractivity contribution is 0.631. The van der Waals surface area contributed by atoms with Crippen molar-refractivity contribution in [1.82, 2.24) is 15.4 Å². The predicted octanol–water partition coefficient (Wildman–Crippen LogP) is 13.7. The highest BCUT2D eigenvalue weighted by Crippen LogP contribution is 2.41. The lowest BCUT2D eigenvalue weighted by Gasteiger charge is -1.78. The van der Waals surface area contributed by atoms with E-state index in [1.165, 1.54) is 0 Å². The van der Waals surface area contributed by atoms with E-state index in [1.54, 1.807) is 0 Å². The van der Waals surface area contributed by atoms with E-state index >= 15 is 0 Å². The van der Waals surface area contributed by atoms with Crippen LogP contribution in [0.5, 0.6) is 0 Å². The summed E-state index contributed by atoms with van der Waals surface area (Å²) in [5.74, 6) is 0. The first-order chi connectivity index (χ1) is 14.9. The molecule has 0 aliphatic carbocycles. The summed E-state index contributed by atoms with van der Waals surface area (Å²) in [5.41, 5.74) is 1.83. The number of rotatable bonds is 0. The van der Waals surface area contributed by atoms with Gasteiger partial charge in [-0.15, -0.1) is 0 Å². The van der Waals surface area contributed by atoms with Crippen molar-refractivity contribution in [2.24, 2.45) is 0 Å². The van der Waals surface area contributed by atoms with Crippen molar-refractivity contribution in [1.29, 1.82) is 0 Å². The second kappa shape index (κ2) is 31.9. The Labute approximate surface area is 180 Å². The molecule has 0 saturated carbocycles. The number of H-pyrrole nitrogens is 1. The standard InChI is InChI=1S/C6H5N3.6F3P/c1-2-4-6-5(3-1)7-9-8-6;6*1-4(2)3/h1-4H,(H,7,8,9);;;;;;. The summed E-state index contributed by atoms with van der Waals surface area (Å²) < 4.78 is 175. The minimum absolute atomic E-state index is 0.914. The first kappa shape index (κ1) is 43.0. The number of nitrogens with zero attached hydrogens (tertiary/aromatic N) is 2. The molecule has 0 unspecified atom stereocenters. The zero-order valence-corrected chi connectivity index (χ0v) is 19.6. The van der Waals surface area contributed by atoms with Crippen LogP contribution in [0.15, 0.2) is 24.3 Å². The average molecular weight is 647 g/mol. The third kappa shape index (κ3) is 99.8. The molecule has 0 fully saturated rings. The topological polar surface area (TPSA) is 41.6 Å². The van der Waals surface area contributed by atoms with Gasteiger partial charge in [0.1, 0.15) is 11.0 Å². The number of halogens is 18. The van der Waals surface area contributed by atoms with Crippen molar-refractivity contribution in [3.05, 3.63) is 24.3 Å². The zero-order chi connectivity index (χ0) is 27.6. The van der Waals surface area contributed by atoms with Crippen LogP contribution in [-0.4, -0.2) is 15.4 Å². The first-order valence-electron chi connectivity index (χ1n) is 5.76. The minimum atomic E-state index is -4.12. The van der Waals surface area contributed by atoms with Gasteiger partial charge < -0.3 is 0 Å². The fraction of sp³-hybridized carbons (Fsp3) is 0. The SMILES string of the molecule is FP(F)F.FP(F)F.FP(F)F.FP(F)F.FP(F)F.FP(F)F.c1ccc2n[nH]nc2c1. The van der Waals surface area contributed by atoms with Gasteiger partial charge in [-0.1, -0.05) is 12.1 Å². The number of aromatic amines is 1. The molecule has 0 atom stereocenters. The van der Waals surface area contributed by atoms with Gasteiger partial charge in [0.2, 0.25) is 0 Å². The number of hydrogen-bond acceptors (Lipinski definition) is 2. The molecular weight excluding hydrogens is 642 g/mol. The fourth-order valence-corrected chi connectivity index (χ4v) is 0.786. The first-order valence-corrected chi connectivity index (χ1v) is 11.8. The summed E-state index contributed by atoms with van der Waals surface area (Å²) in [6.07, 6.45) is 0. The maximum atomic E-state index is 9.73. The van der Waals surface area contributed by atoms with E-state index in [1.807, 2.05) is 24.3 Å². The second-order valence-corrected chi connectivity index (χ2v) is 5.26. The molecule has 0 amide bonds. The molecule has 3 nitrogen and oxygen atoms in total. The van der Waals surface area contributed by atoms with Gasteiger partial charge >= 0.3 is 53.1 Å². The number of fused-ring (bicyclic) bond motifs is 1. The average Bonchev–Trinajstić information content (AvgIpc) is 3.00. The van der Waals surface area contributed by atoms with Crippen LogP contribution in [-0.2, 0) is 0 Å². The van der Waals surface area contributed by atoms with Gasteiger partial charge in [0, 0.05) is 0 Å².